The Bertz CT molecular complexity index is 655. The largest absolute Gasteiger partial charge is 0.488 e. The number of carbonyl (C=O) groups excluding carboxylic acids is 2. The lowest BCUT2D eigenvalue weighted by molar-refractivity contribution is -0.138. The predicted octanol–water partition coefficient (Wildman–Crippen LogP) is 2.03. The van der Waals surface area contributed by atoms with Gasteiger partial charge in [0.05, 0.1) is 33.5 Å². The van der Waals surface area contributed by atoms with Crippen LogP contribution in [0.3, 0.4) is 0 Å². The molecule has 1 fully saturated rings. The molecule has 0 bridgehead atoms. The van der Waals surface area contributed by atoms with E-state index in [2.05, 4.69) is 14.8 Å². The average molecular weight is 353 g/mol. The number of nitrogens with one attached hydrogen (secondary N) is 1. The minimum atomic E-state index is -0.842. The van der Waals surface area contributed by atoms with Crippen LogP contribution in [-0.2, 0) is 23.8 Å². The molecule has 2 rings (SSSR count). The molecule has 0 unspecified atom stereocenters. The molecule has 25 heavy (non-hydrogen) atoms. The van der Waals surface area contributed by atoms with E-state index in [1.165, 1.54) is 12.1 Å². The molecule has 0 saturated carbocycles. The molecule has 1 heterocycles. The van der Waals surface area contributed by atoms with Crippen molar-refractivity contribution in [1.29, 1.82) is 0 Å². The van der Waals surface area contributed by atoms with Gasteiger partial charge < -0.3 is 24.3 Å². The van der Waals surface area contributed by atoms with Gasteiger partial charge in [-0.05, 0) is 12.1 Å². The lowest BCUT2D eigenvalue weighted by atomic mass is 10.1. The van der Waals surface area contributed by atoms with E-state index in [0.29, 0.717) is 26.1 Å². The lowest BCUT2D eigenvalue weighted by Gasteiger charge is -2.25. The number of benzene rings is 1. The highest BCUT2D eigenvalue weighted by molar-refractivity contribution is 5.99. The van der Waals surface area contributed by atoms with Crippen LogP contribution in [0.25, 0.3) is 0 Å². The maximum absolute atomic E-state index is 14.3. The zero-order valence-electron chi connectivity index (χ0n) is 14.0. The minimum absolute atomic E-state index is 0.0606. The van der Waals surface area contributed by atoms with Crippen molar-refractivity contribution in [2.45, 2.75) is 18.9 Å². The van der Waals surface area contributed by atoms with E-state index in [1.807, 2.05) is 0 Å². The number of methoxy groups -OCH3 is 2. The Morgan fingerprint density at radius 3 is 2.60 bits per heavy atom. The Hall–Kier alpha value is -2.61. The molecule has 8 heteroatoms. The predicted molar refractivity (Wildman–Crippen MR) is 86.6 cm³/mol. The molecule has 1 N–H and O–H groups in total. The van der Waals surface area contributed by atoms with Crippen molar-refractivity contribution in [2.24, 2.45) is 0 Å². The first-order valence-electron chi connectivity index (χ1n) is 7.73. The molecule has 0 atom stereocenters. The number of carbonyl (C=O) groups is 2. The number of para-hydroxylation sites is 1. The van der Waals surface area contributed by atoms with Crippen LogP contribution in [-0.4, -0.2) is 45.5 Å². The first-order chi connectivity index (χ1) is 12.0. The number of esters is 2. The van der Waals surface area contributed by atoms with Gasteiger partial charge in [-0.1, -0.05) is 6.07 Å². The summed E-state index contributed by atoms with van der Waals surface area (Å²) in [5.41, 5.74) is -0.328. The second-order valence-corrected chi connectivity index (χ2v) is 5.24. The van der Waals surface area contributed by atoms with Crippen molar-refractivity contribution in [2.75, 3.05) is 32.8 Å². The molecule has 0 aliphatic carbocycles. The summed E-state index contributed by atoms with van der Waals surface area (Å²) >= 11 is 0. The van der Waals surface area contributed by atoms with Gasteiger partial charge in [0.1, 0.15) is 29.1 Å². The van der Waals surface area contributed by atoms with Crippen LogP contribution in [0.1, 0.15) is 12.8 Å². The highest BCUT2D eigenvalue weighted by Gasteiger charge is 2.21. The summed E-state index contributed by atoms with van der Waals surface area (Å²) in [6.07, 6.45) is 2.12. The van der Waals surface area contributed by atoms with Gasteiger partial charge in [0.15, 0.2) is 0 Å². The van der Waals surface area contributed by atoms with Crippen LogP contribution in [0.2, 0.25) is 0 Å². The Balaban J connectivity index is 2.27. The Morgan fingerprint density at radius 1 is 1.24 bits per heavy atom. The molecule has 0 aromatic heterocycles. The maximum Gasteiger partial charge on any atom is 0.354 e. The molecule has 1 aliphatic rings. The van der Waals surface area contributed by atoms with Crippen LogP contribution in [0.5, 0.6) is 5.75 Å². The second kappa shape index (κ2) is 9.03. The topological polar surface area (TPSA) is 83.1 Å². The fraction of sp³-hybridized carbons (Fsp3) is 0.412. The molecule has 1 aromatic rings. The number of anilines is 1. The smallest absolute Gasteiger partial charge is 0.354 e. The molecule has 136 valence electrons. The molecule has 7 nitrogen and oxygen atoms in total. The Labute approximate surface area is 144 Å². The zero-order chi connectivity index (χ0) is 18.2. The Kier molecular flexibility index (Phi) is 6.76. The number of halogens is 1. The summed E-state index contributed by atoms with van der Waals surface area (Å²) < 4.78 is 34.5. The third-order valence-corrected chi connectivity index (χ3v) is 3.57. The summed E-state index contributed by atoms with van der Waals surface area (Å²) in [5, 5.41) is 2.58. The van der Waals surface area contributed by atoms with Gasteiger partial charge in [0.25, 0.3) is 0 Å². The molecule has 0 radical (unpaired) electrons. The van der Waals surface area contributed by atoms with Crippen LogP contribution < -0.4 is 10.1 Å². The SMILES string of the molecule is COC(=O)/C=C(/Nc1c(F)cccc1OC1CCOCC1)C(=O)OC. The van der Waals surface area contributed by atoms with Crippen molar-refractivity contribution >= 4 is 17.6 Å². The van der Waals surface area contributed by atoms with Crippen molar-refractivity contribution in [3.8, 4) is 5.75 Å². The summed E-state index contributed by atoms with van der Waals surface area (Å²) in [5.74, 6) is -2.03. The van der Waals surface area contributed by atoms with Gasteiger partial charge in [0.2, 0.25) is 0 Å². The normalized spacial score (nSPS) is 15.4. The third kappa shape index (κ3) is 5.18. The summed E-state index contributed by atoms with van der Waals surface area (Å²) in [4.78, 5) is 23.3. The van der Waals surface area contributed by atoms with Crippen LogP contribution in [0.15, 0.2) is 30.0 Å². The first-order valence-corrected chi connectivity index (χ1v) is 7.73. The van der Waals surface area contributed by atoms with E-state index >= 15 is 0 Å². The minimum Gasteiger partial charge on any atom is -0.488 e. The fourth-order valence-electron chi connectivity index (χ4n) is 2.26. The van der Waals surface area contributed by atoms with Crippen molar-refractivity contribution in [3.63, 3.8) is 0 Å². The number of ether oxygens (including phenoxy) is 4. The van der Waals surface area contributed by atoms with Crippen molar-refractivity contribution in [1.82, 2.24) is 0 Å². The van der Waals surface area contributed by atoms with Crippen LogP contribution >= 0.6 is 0 Å². The van der Waals surface area contributed by atoms with Crippen LogP contribution in [0, 0.1) is 5.82 Å². The van der Waals surface area contributed by atoms with Gasteiger partial charge in [0, 0.05) is 12.8 Å². The second-order valence-electron chi connectivity index (χ2n) is 5.24. The van der Waals surface area contributed by atoms with Gasteiger partial charge in [-0.15, -0.1) is 0 Å². The summed E-state index contributed by atoms with van der Waals surface area (Å²) in [6, 6.07) is 4.29. The molecular weight excluding hydrogens is 333 g/mol. The maximum atomic E-state index is 14.3. The van der Waals surface area contributed by atoms with Crippen LogP contribution in [0.4, 0.5) is 10.1 Å². The number of hydrogen-bond acceptors (Lipinski definition) is 7. The zero-order valence-corrected chi connectivity index (χ0v) is 14.0. The molecule has 0 spiro atoms. The highest BCUT2D eigenvalue weighted by atomic mass is 19.1. The first kappa shape index (κ1) is 18.7. The van der Waals surface area contributed by atoms with E-state index in [1.54, 1.807) is 6.07 Å². The van der Waals surface area contributed by atoms with E-state index in [-0.39, 0.29) is 23.2 Å². The number of hydrogen-bond donors (Lipinski definition) is 1. The van der Waals surface area contributed by atoms with E-state index in [9.17, 15) is 14.0 Å². The quantitative estimate of drug-likeness (QED) is 0.619. The third-order valence-electron chi connectivity index (χ3n) is 3.57. The van der Waals surface area contributed by atoms with E-state index in [4.69, 9.17) is 9.47 Å². The van der Waals surface area contributed by atoms with E-state index in [0.717, 1.165) is 20.3 Å². The van der Waals surface area contributed by atoms with E-state index < -0.39 is 17.8 Å². The van der Waals surface area contributed by atoms with Gasteiger partial charge in [-0.2, -0.15) is 0 Å². The molecule has 1 saturated heterocycles. The van der Waals surface area contributed by atoms with Crippen molar-refractivity contribution in [3.05, 3.63) is 35.8 Å². The monoisotopic (exact) mass is 353 g/mol. The van der Waals surface area contributed by atoms with Gasteiger partial charge in [-0.3, -0.25) is 0 Å². The highest BCUT2D eigenvalue weighted by Crippen LogP contribution is 2.31. The van der Waals surface area contributed by atoms with Gasteiger partial charge >= 0.3 is 11.9 Å². The summed E-state index contributed by atoms with van der Waals surface area (Å²) in [6.45, 7) is 1.14. The molecule has 0 amide bonds. The average Bonchev–Trinajstić information content (AvgIpc) is 2.63. The summed E-state index contributed by atoms with van der Waals surface area (Å²) in [7, 11) is 2.31. The molecule has 1 aromatic carbocycles. The van der Waals surface area contributed by atoms with Crippen molar-refractivity contribution < 1.29 is 32.9 Å². The number of rotatable bonds is 6. The fourth-order valence-corrected chi connectivity index (χ4v) is 2.26. The van der Waals surface area contributed by atoms with Gasteiger partial charge in [-0.25, -0.2) is 14.0 Å². The molecule has 1 aliphatic heterocycles. The molecular formula is C17H20FNO6. The standard InChI is InChI=1S/C17H20FNO6/c1-22-15(20)10-13(17(21)23-2)19-16-12(18)4-3-5-14(16)25-11-6-8-24-9-7-11/h3-5,10-11,19H,6-9H2,1-2H3/b13-10+. The Morgan fingerprint density at radius 2 is 1.96 bits per heavy atom. The lowest BCUT2D eigenvalue weighted by Crippen LogP contribution is -2.26.